The Hall–Kier alpha value is -0.800. The lowest BCUT2D eigenvalue weighted by molar-refractivity contribution is 0.356. The fraction of sp³-hybridized carbons (Fsp3) is 0.615. The molecule has 92 valence electrons. The van der Waals surface area contributed by atoms with Crippen LogP contribution >= 0.6 is 11.6 Å². The SMILES string of the molecule is Cc1cc(N2C[C@H]3CC[C@@H](C2)C3N)cc(Cl)n1. The average molecular weight is 252 g/mol. The number of rotatable bonds is 1. The average Bonchev–Trinajstić information content (AvgIpc) is 2.51. The van der Waals surface area contributed by atoms with Crippen LogP contribution in [0.3, 0.4) is 0 Å². The second-order valence-electron chi connectivity index (χ2n) is 5.37. The molecule has 0 spiro atoms. The van der Waals surface area contributed by atoms with Gasteiger partial charge in [-0.2, -0.15) is 0 Å². The van der Waals surface area contributed by atoms with Crippen LogP contribution in [0.15, 0.2) is 12.1 Å². The molecule has 4 heteroatoms. The topological polar surface area (TPSA) is 42.1 Å². The molecule has 2 bridgehead atoms. The Kier molecular flexibility index (Phi) is 2.75. The summed E-state index contributed by atoms with van der Waals surface area (Å²) in [5, 5.41) is 0.585. The van der Waals surface area contributed by atoms with Crippen molar-refractivity contribution in [2.75, 3.05) is 18.0 Å². The van der Waals surface area contributed by atoms with Gasteiger partial charge in [0.2, 0.25) is 0 Å². The van der Waals surface area contributed by atoms with Crippen LogP contribution in [0.2, 0.25) is 5.15 Å². The molecule has 2 N–H and O–H groups in total. The fourth-order valence-electron chi connectivity index (χ4n) is 3.27. The number of piperidine rings is 1. The maximum Gasteiger partial charge on any atom is 0.131 e. The smallest absolute Gasteiger partial charge is 0.131 e. The monoisotopic (exact) mass is 251 g/mol. The minimum atomic E-state index is 0.407. The third-order valence-electron chi connectivity index (χ3n) is 4.18. The molecule has 2 heterocycles. The van der Waals surface area contributed by atoms with Gasteiger partial charge in [0.05, 0.1) is 0 Å². The van der Waals surface area contributed by atoms with E-state index >= 15 is 0 Å². The second kappa shape index (κ2) is 4.14. The van der Waals surface area contributed by atoms with Crippen molar-refractivity contribution in [1.29, 1.82) is 0 Å². The van der Waals surface area contributed by atoms with Crippen molar-refractivity contribution in [3.8, 4) is 0 Å². The molecule has 3 nitrogen and oxygen atoms in total. The van der Waals surface area contributed by atoms with Gasteiger partial charge in [0.1, 0.15) is 5.15 Å². The van der Waals surface area contributed by atoms with Crippen LogP contribution in [0.5, 0.6) is 0 Å². The third-order valence-corrected chi connectivity index (χ3v) is 4.37. The molecule has 2 aliphatic rings. The molecule has 1 saturated carbocycles. The highest BCUT2D eigenvalue weighted by atomic mass is 35.5. The maximum atomic E-state index is 6.22. The Morgan fingerprint density at radius 2 is 1.94 bits per heavy atom. The predicted molar refractivity (Wildman–Crippen MR) is 70.4 cm³/mol. The summed E-state index contributed by atoms with van der Waals surface area (Å²) in [5.74, 6) is 1.31. The molecule has 17 heavy (non-hydrogen) atoms. The summed E-state index contributed by atoms with van der Waals surface area (Å²) >= 11 is 6.02. The number of anilines is 1. The van der Waals surface area contributed by atoms with Crippen molar-refractivity contribution in [1.82, 2.24) is 4.98 Å². The summed E-state index contributed by atoms with van der Waals surface area (Å²) < 4.78 is 0. The minimum absolute atomic E-state index is 0.407. The molecule has 2 fully saturated rings. The van der Waals surface area contributed by atoms with Crippen molar-refractivity contribution >= 4 is 17.3 Å². The van der Waals surface area contributed by atoms with Crippen molar-refractivity contribution < 1.29 is 0 Å². The molecule has 1 aliphatic carbocycles. The van der Waals surface area contributed by atoms with E-state index in [1.54, 1.807) is 0 Å². The zero-order valence-electron chi connectivity index (χ0n) is 10.1. The van der Waals surface area contributed by atoms with Crippen molar-refractivity contribution in [2.45, 2.75) is 25.8 Å². The van der Waals surface area contributed by atoms with Crippen molar-refractivity contribution in [2.24, 2.45) is 17.6 Å². The highest BCUT2D eigenvalue weighted by Crippen LogP contribution is 2.37. The molecule has 1 saturated heterocycles. The van der Waals surface area contributed by atoms with Crippen LogP contribution < -0.4 is 10.6 Å². The molecular formula is C13H18ClN3. The molecule has 0 radical (unpaired) electrons. The maximum absolute atomic E-state index is 6.22. The Morgan fingerprint density at radius 3 is 2.53 bits per heavy atom. The van der Waals surface area contributed by atoms with E-state index in [9.17, 15) is 0 Å². The first-order valence-electron chi connectivity index (χ1n) is 6.28. The molecule has 1 aliphatic heterocycles. The summed E-state index contributed by atoms with van der Waals surface area (Å²) in [6.45, 7) is 4.12. The first-order chi connectivity index (χ1) is 8.13. The van der Waals surface area contributed by atoms with E-state index in [-0.39, 0.29) is 0 Å². The van der Waals surface area contributed by atoms with Gasteiger partial charge in [-0.15, -0.1) is 0 Å². The summed E-state index contributed by atoms with van der Waals surface area (Å²) in [5.41, 5.74) is 8.40. The van der Waals surface area contributed by atoms with E-state index in [0.717, 1.165) is 18.8 Å². The van der Waals surface area contributed by atoms with Crippen LogP contribution in [0, 0.1) is 18.8 Å². The van der Waals surface area contributed by atoms with E-state index in [1.807, 2.05) is 13.0 Å². The normalized spacial score (nSPS) is 31.9. The van der Waals surface area contributed by atoms with Gasteiger partial charge in [-0.3, -0.25) is 0 Å². The van der Waals surface area contributed by atoms with Crippen molar-refractivity contribution in [3.05, 3.63) is 23.0 Å². The molecule has 1 unspecified atom stereocenters. The zero-order valence-corrected chi connectivity index (χ0v) is 10.8. The summed E-state index contributed by atoms with van der Waals surface area (Å²) in [6, 6.07) is 4.48. The Morgan fingerprint density at radius 1 is 1.29 bits per heavy atom. The van der Waals surface area contributed by atoms with Gasteiger partial charge >= 0.3 is 0 Å². The van der Waals surface area contributed by atoms with Gasteiger partial charge in [0, 0.05) is 30.5 Å². The van der Waals surface area contributed by atoms with E-state index in [4.69, 9.17) is 17.3 Å². The van der Waals surface area contributed by atoms with E-state index in [1.165, 1.54) is 18.5 Å². The van der Waals surface area contributed by atoms with E-state index in [0.29, 0.717) is 23.0 Å². The van der Waals surface area contributed by atoms with Crippen LogP contribution in [0.1, 0.15) is 18.5 Å². The quantitative estimate of drug-likeness (QED) is 0.779. The highest BCUT2D eigenvalue weighted by molar-refractivity contribution is 6.29. The van der Waals surface area contributed by atoms with Gasteiger partial charge in [-0.25, -0.2) is 4.98 Å². The molecule has 3 rings (SSSR count). The number of halogens is 1. The minimum Gasteiger partial charge on any atom is -0.371 e. The fourth-order valence-corrected chi connectivity index (χ4v) is 3.51. The van der Waals surface area contributed by atoms with Crippen LogP contribution in [-0.2, 0) is 0 Å². The number of aromatic nitrogens is 1. The van der Waals surface area contributed by atoms with Crippen LogP contribution in [-0.4, -0.2) is 24.1 Å². The largest absolute Gasteiger partial charge is 0.371 e. The summed E-state index contributed by atoms with van der Waals surface area (Å²) in [7, 11) is 0. The number of fused-ring (bicyclic) bond motifs is 2. The van der Waals surface area contributed by atoms with Gasteiger partial charge in [-0.05, 0) is 43.7 Å². The van der Waals surface area contributed by atoms with E-state index < -0.39 is 0 Å². The summed E-state index contributed by atoms with van der Waals surface area (Å²) in [4.78, 5) is 6.63. The number of nitrogens with two attached hydrogens (primary N) is 1. The number of hydrogen-bond acceptors (Lipinski definition) is 3. The first-order valence-corrected chi connectivity index (χ1v) is 6.66. The number of hydrogen-bond donors (Lipinski definition) is 1. The van der Waals surface area contributed by atoms with Crippen molar-refractivity contribution in [3.63, 3.8) is 0 Å². The third kappa shape index (κ3) is 2.02. The van der Waals surface area contributed by atoms with Crippen LogP contribution in [0.4, 0.5) is 5.69 Å². The lowest BCUT2D eigenvalue weighted by Gasteiger charge is -2.37. The zero-order chi connectivity index (χ0) is 12.0. The molecule has 3 atom stereocenters. The van der Waals surface area contributed by atoms with Gasteiger partial charge in [-0.1, -0.05) is 11.6 Å². The Balaban J connectivity index is 1.86. The Bertz CT molecular complexity index is 400. The standard InChI is InChI=1S/C13H18ClN3/c1-8-4-11(5-12(14)16-8)17-6-9-2-3-10(7-17)13(9)15/h4-5,9-10,13H,2-3,6-7,15H2,1H3/t9-,10+,13?. The first kappa shape index (κ1) is 11.3. The number of aryl methyl sites for hydroxylation is 1. The lowest BCUT2D eigenvalue weighted by Crippen LogP contribution is -2.48. The van der Waals surface area contributed by atoms with Gasteiger partial charge in [0.15, 0.2) is 0 Å². The summed E-state index contributed by atoms with van der Waals surface area (Å²) in [6.07, 6.45) is 2.56. The van der Waals surface area contributed by atoms with E-state index in [2.05, 4.69) is 16.0 Å². The lowest BCUT2D eigenvalue weighted by atomic mass is 9.93. The molecular weight excluding hydrogens is 234 g/mol. The number of pyridine rings is 1. The van der Waals surface area contributed by atoms with Crippen LogP contribution in [0.25, 0.3) is 0 Å². The predicted octanol–water partition coefficient (Wildman–Crippen LogP) is 2.22. The molecule has 0 aromatic carbocycles. The molecule has 0 amide bonds. The molecule has 1 aromatic heterocycles. The van der Waals surface area contributed by atoms with Gasteiger partial charge in [0.25, 0.3) is 0 Å². The Labute approximate surface area is 107 Å². The molecule has 1 aromatic rings. The van der Waals surface area contributed by atoms with Gasteiger partial charge < -0.3 is 10.6 Å². The highest BCUT2D eigenvalue weighted by Gasteiger charge is 2.39. The number of nitrogens with zero attached hydrogens (tertiary/aromatic N) is 2. The second-order valence-corrected chi connectivity index (χ2v) is 5.76.